The van der Waals surface area contributed by atoms with Gasteiger partial charge in [-0.3, -0.25) is 9.79 Å². The van der Waals surface area contributed by atoms with Gasteiger partial charge in [-0.1, -0.05) is 26.2 Å². The molecule has 2 aromatic heterocycles. The lowest BCUT2D eigenvalue weighted by molar-refractivity contribution is -0.142. The highest BCUT2D eigenvalue weighted by Crippen LogP contribution is 2.33. The fourth-order valence-corrected chi connectivity index (χ4v) is 3.58. The van der Waals surface area contributed by atoms with Gasteiger partial charge >= 0.3 is 5.97 Å². The molecule has 3 heterocycles. The van der Waals surface area contributed by atoms with E-state index in [-0.39, 0.29) is 12.4 Å². The topological polar surface area (TPSA) is 79.5 Å². The number of carbonyl (C=O) groups is 1. The third-order valence-corrected chi connectivity index (χ3v) is 5.34. The first-order valence-corrected chi connectivity index (χ1v) is 10.6. The summed E-state index contributed by atoms with van der Waals surface area (Å²) in [4.78, 5) is 23.5. The summed E-state index contributed by atoms with van der Waals surface area (Å²) >= 11 is 0. The second-order valence-electron chi connectivity index (χ2n) is 7.54. The zero-order valence-corrected chi connectivity index (χ0v) is 18.3. The number of aromatic nitrogens is 2. The molecular weight excluding hydrogens is 378 g/mol. The van der Waals surface area contributed by atoms with Crippen molar-refractivity contribution >= 4 is 17.8 Å². The highest BCUT2D eigenvalue weighted by atomic mass is 16.5. The summed E-state index contributed by atoms with van der Waals surface area (Å²) in [6.07, 6.45) is 8.47. The van der Waals surface area contributed by atoms with E-state index in [4.69, 9.17) is 9.47 Å². The lowest BCUT2D eigenvalue weighted by Crippen LogP contribution is -2.09. The number of aromatic amines is 2. The van der Waals surface area contributed by atoms with Crippen molar-refractivity contribution in [3.63, 3.8) is 0 Å². The van der Waals surface area contributed by atoms with Crippen LogP contribution in [-0.2, 0) is 9.53 Å². The molecule has 0 amide bonds. The van der Waals surface area contributed by atoms with Gasteiger partial charge < -0.3 is 19.4 Å². The van der Waals surface area contributed by atoms with Crippen molar-refractivity contribution in [2.75, 3.05) is 13.7 Å². The van der Waals surface area contributed by atoms with Crippen LogP contribution in [0.25, 0.3) is 17.5 Å². The maximum absolute atomic E-state index is 12.3. The van der Waals surface area contributed by atoms with E-state index >= 15 is 0 Å². The van der Waals surface area contributed by atoms with Crippen molar-refractivity contribution in [1.82, 2.24) is 9.97 Å². The van der Waals surface area contributed by atoms with E-state index < -0.39 is 0 Å². The third-order valence-electron chi connectivity index (χ3n) is 5.34. The van der Waals surface area contributed by atoms with Crippen LogP contribution >= 0.6 is 0 Å². The average molecular weight is 410 g/mol. The summed E-state index contributed by atoms with van der Waals surface area (Å²) in [6, 6.07) is 5.91. The molecule has 30 heavy (non-hydrogen) atoms. The first kappa shape index (κ1) is 21.7. The normalized spacial score (nSPS) is 15.1. The van der Waals surface area contributed by atoms with Gasteiger partial charge in [0, 0.05) is 18.0 Å². The molecule has 0 unspecified atom stereocenters. The summed E-state index contributed by atoms with van der Waals surface area (Å²) in [5, 5.41) is 0. The molecule has 0 saturated heterocycles. The zero-order valence-electron chi connectivity index (χ0n) is 18.3. The zero-order chi connectivity index (χ0) is 21.5. The van der Waals surface area contributed by atoms with Gasteiger partial charge in [-0.2, -0.15) is 0 Å². The molecule has 0 atom stereocenters. The Morgan fingerprint density at radius 3 is 2.73 bits per heavy atom. The monoisotopic (exact) mass is 409 g/mol. The Bertz CT molecular complexity index is 962. The number of esters is 1. The Labute approximate surface area is 178 Å². The predicted molar refractivity (Wildman–Crippen MR) is 121 cm³/mol. The summed E-state index contributed by atoms with van der Waals surface area (Å²) in [6.45, 7) is 6.59. The number of rotatable bonds is 10. The number of H-pyrrole nitrogens is 2. The first-order valence-electron chi connectivity index (χ1n) is 10.6. The van der Waals surface area contributed by atoms with Crippen LogP contribution in [0.1, 0.15) is 58.6 Å². The molecule has 6 heteroatoms. The second kappa shape index (κ2) is 10.1. The summed E-state index contributed by atoms with van der Waals surface area (Å²) in [5.41, 5.74) is 6.39. The molecule has 0 fully saturated rings. The molecule has 1 aliphatic rings. The SMILES string of the molecule is CCCCCCOC(=O)CC1=C(C)/C(=C/c2[nH]c(-c3ccc[nH]3)cc2OC)N=C1C. The number of nitrogens with zero attached hydrogens (tertiary/aromatic N) is 1. The molecule has 0 radical (unpaired) electrons. The lowest BCUT2D eigenvalue weighted by atomic mass is 10.0. The Morgan fingerprint density at radius 2 is 2.03 bits per heavy atom. The van der Waals surface area contributed by atoms with E-state index in [1.54, 1.807) is 7.11 Å². The maximum atomic E-state index is 12.3. The molecule has 0 aromatic carbocycles. The van der Waals surface area contributed by atoms with Crippen molar-refractivity contribution < 1.29 is 14.3 Å². The summed E-state index contributed by atoms with van der Waals surface area (Å²) in [5.74, 6) is 0.552. The Balaban J connectivity index is 1.72. The van der Waals surface area contributed by atoms with E-state index in [0.29, 0.717) is 6.61 Å². The highest BCUT2D eigenvalue weighted by molar-refractivity contribution is 6.06. The van der Waals surface area contributed by atoms with Crippen LogP contribution in [-0.4, -0.2) is 35.4 Å². The number of methoxy groups -OCH3 is 1. The Kier molecular flexibility index (Phi) is 7.33. The van der Waals surface area contributed by atoms with Crippen LogP contribution < -0.4 is 4.74 Å². The van der Waals surface area contributed by atoms with Gasteiger partial charge in [0.25, 0.3) is 0 Å². The lowest BCUT2D eigenvalue weighted by Gasteiger charge is -2.07. The van der Waals surface area contributed by atoms with E-state index in [1.807, 2.05) is 44.3 Å². The molecule has 0 aliphatic carbocycles. The van der Waals surface area contributed by atoms with Gasteiger partial charge in [-0.05, 0) is 49.6 Å². The van der Waals surface area contributed by atoms with Crippen molar-refractivity contribution in [2.45, 2.75) is 52.9 Å². The van der Waals surface area contributed by atoms with Gasteiger partial charge in [0.1, 0.15) is 5.75 Å². The van der Waals surface area contributed by atoms with Gasteiger partial charge in [0.05, 0.1) is 42.9 Å². The minimum absolute atomic E-state index is 0.192. The van der Waals surface area contributed by atoms with Crippen molar-refractivity contribution in [1.29, 1.82) is 0 Å². The van der Waals surface area contributed by atoms with Crippen molar-refractivity contribution in [3.05, 3.63) is 46.9 Å². The molecule has 1 aliphatic heterocycles. The van der Waals surface area contributed by atoms with Crippen LogP contribution in [0.4, 0.5) is 0 Å². The number of carbonyl (C=O) groups excluding carboxylic acids is 1. The quantitative estimate of drug-likeness (QED) is 0.392. The Morgan fingerprint density at radius 1 is 1.20 bits per heavy atom. The molecule has 0 saturated carbocycles. The minimum Gasteiger partial charge on any atom is -0.494 e. The average Bonchev–Trinajstić information content (AvgIpc) is 3.45. The minimum atomic E-state index is -0.192. The molecule has 160 valence electrons. The van der Waals surface area contributed by atoms with Gasteiger partial charge in [0.15, 0.2) is 0 Å². The number of aliphatic imine (C=N–C) groups is 1. The number of hydrogen-bond acceptors (Lipinski definition) is 4. The predicted octanol–water partition coefficient (Wildman–Crippen LogP) is 5.66. The number of allylic oxidation sites excluding steroid dienone is 1. The fraction of sp³-hybridized carbons (Fsp3) is 0.417. The first-order chi connectivity index (χ1) is 14.5. The molecule has 6 nitrogen and oxygen atoms in total. The maximum Gasteiger partial charge on any atom is 0.310 e. The number of nitrogens with one attached hydrogen (secondary N) is 2. The fourth-order valence-electron chi connectivity index (χ4n) is 3.58. The number of hydrogen-bond donors (Lipinski definition) is 2. The van der Waals surface area contributed by atoms with Crippen LogP contribution in [0.5, 0.6) is 5.75 Å². The number of ether oxygens (including phenoxy) is 2. The summed E-state index contributed by atoms with van der Waals surface area (Å²) < 4.78 is 10.9. The largest absolute Gasteiger partial charge is 0.494 e. The van der Waals surface area contributed by atoms with Crippen LogP contribution in [0.2, 0.25) is 0 Å². The number of unbranched alkanes of at least 4 members (excludes halogenated alkanes) is 3. The van der Waals surface area contributed by atoms with Crippen LogP contribution in [0, 0.1) is 0 Å². The van der Waals surface area contributed by atoms with E-state index in [2.05, 4.69) is 21.9 Å². The highest BCUT2D eigenvalue weighted by Gasteiger charge is 2.21. The van der Waals surface area contributed by atoms with E-state index in [0.717, 1.165) is 58.2 Å². The van der Waals surface area contributed by atoms with E-state index in [9.17, 15) is 4.79 Å². The van der Waals surface area contributed by atoms with Gasteiger partial charge in [-0.25, -0.2) is 0 Å². The van der Waals surface area contributed by atoms with Crippen LogP contribution in [0.3, 0.4) is 0 Å². The standard InChI is InChI=1S/C24H31N3O3/c1-5-6-7-8-12-30-24(28)13-18-16(2)20(26-17(18)3)14-22-23(29-4)15-21(27-22)19-10-9-11-25-19/h9-11,14-15,25,27H,5-8,12-13H2,1-4H3/b20-14-. The molecule has 2 aromatic rings. The summed E-state index contributed by atoms with van der Waals surface area (Å²) in [7, 11) is 1.65. The second-order valence-corrected chi connectivity index (χ2v) is 7.54. The molecule has 3 rings (SSSR count). The Hall–Kier alpha value is -3.02. The van der Waals surface area contributed by atoms with Gasteiger partial charge in [-0.15, -0.1) is 0 Å². The smallest absolute Gasteiger partial charge is 0.310 e. The van der Waals surface area contributed by atoms with Crippen molar-refractivity contribution in [3.8, 4) is 17.1 Å². The molecular formula is C24H31N3O3. The van der Waals surface area contributed by atoms with Crippen LogP contribution in [0.15, 0.2) is 46.2 Å². The molecule has 0 spiro atoms. The molecule has 0 bridgehead atoms. The molecule has 2 N–H and O–H groups in total. The van der Waals surface area contributed by atoms with E-state index in [1.165, 1.54) is 12.8 Å². The third kappa shape index (κ3) is 5.12. The van der Waals surface area contributed by atoms with Gasteiger partial charge in [0.2, 0.25) is 0 Å². The van der Waals surface area contributed by atoms with Crippen molar-refractivity contribution in [2.24, 2.45) is 4.99 Å².